The summed E-state index contributed by atoms with van der Waals surface area (Å²) in [5, 5.41) is 11.1. The molecule has 0 aromatic carbocycles. The second-order valence-corrected chi connectivity index (χ2v) is 4.62. The van der Waals surface area contributed by atoms with Gasteiger partial charge >= 0.3 is 5.97 Å². The van der Waals surface area contributed by atoms with Crippen molar-refractivity contribution in [2.75, 3.05) is 6.61 Å². The monoisotopic (exact) mass is 199 g/mol. The van der Waals surface area contributed by atoms with Crippen LogP contribution in [0.1, 0.15) is 33.6 Å². The van der Waals surface area contributed by atoms with Crippen LogP contribution in [0.15, 0.2) is 0 Å². The van der Waals surface area contributed by atoms with Crippen LogP contribution in [0, 0.1) is 10.6 Å². The van der Waals surface area contributed by atoms with E-state index in [4.69, 9.17) is 4.74 Å². The van der Waals surface area contributed by atoms with Gasteiger partial charge in [-0.3, -0.25) is 4.79 Å². The summed E-state index contributed by atoms with van der Waals surface area (Å²) in [7, 11) is 0. The average molecular weight is 199 g/mol. The number of esters is 1. The molecule has 4 heteroatoms. The lowest BCUT2D eigenvalue weighted by Gasteiger charge is -2.18. The molecule has 1 heterocycles. The van der Waals surface area contributed by atoms with Gasteiger partial charge in [-0.05, 0) is 20.8 Å². The third kappa shape index (κ3) is 2.72. The van der Waals surface area contributed by atoms with E-state index in [1.54, 1.807) is 27.0 Å². The molecule has 1 atom stereocenters. The van der Waals surface area contributed by atoms with Crippen LogP contribution in [0.3, 0.4) is 0 Å². The Kier molecular flexibility index (Phi) is 3.13. The zero-order chi connectivity index (χ0) is 10.8. The highest BCUT2D eigenvalue weighted by molar-refractivity contribution is 5.75. The lowest BCUT2D eigenvalue weighted by molar-refractivity contribution is -0.491. The van der Waals surface area contributed by atoms with Crippen molar-refractivity contribution in [2.24, 2.45) is 5.41 Å². The Morgan fingerprint density at radius 3 is 2.71 bits per heavy atom. The summed E-state index contributed by atoms with van der Waals surface area (Å²) in [6.45, 7) is 5.59. The fourth-order valence-corrected chi connectivity index (χ4v) is 1.22. The molecule has 0 amide bonds. The minimum absolute atomic E-state index is 0.179. The van der Waals surface area contributed by atoms with Crippen LogP contribution in [-0.4, -0.2) is 29.6 Å². The van der Waals surface area contributed by atoms with Crippen LogP contribution in [0.2, 0.25) is 0 Å². The summed E-state index contributed by atoms with van der Waals surface area (Å²) in [6.07, 6.45) is 3.15. The largest absolute Gasteiger partial charge is 0.624 e. The first-order chi connectivity index (χ1) is 6.41. The molecule has 0 unspecified atom stereocenters. The maximum atomic E-state index is 11.4. The van der Waals surface area contributed by atoms with Gasteiger partial charge in [0.1, 0.15) is 0 Å². The van der Waals surface area contributed by atoms with Crippen LogP contribution in [-0.2, 0) is 9.53 Å². The Bertz CT molecular complexity index is 253. The van der Waals surface area contributed by atoms with Gasteiger partial charge in [0.2, 0.25) is 0 Å². The molecule has 0 saturated carbocycles. The summed E-state index contributed by atoms with van der Waals surface area (Å²) in [6, 6.07) is -0.179. The van der Waals surface area contributed by atoms with Gasteiger partial charge in [-0.2, -0.15) is 0 Å². The molecule has 0 spiro atoms. The van der Waals surface area contributed by atoms with Crippen LogP contribution in [0.5, 0.6) is 0 Å². The van der Waals surface area contributed by atoms with E-state index in [9.17, 15) is 10.0 Å². The molecule has 0 saturated heterocycles. The maximum Gasteiger partial charge on any atom is 0.311 e. The fraction of sp³-hybridized carbons (Fsp3) is 0.800. The van der Waals surface area contributed by atoms with Crippen molar-refractivity contribution in [3.63, 3.8) is 0 Å². The maximum absolute atomic E-state index is 11.4. The molecule has 0 aliphatic carbocycles. The van der Waals surface area contributed by atoms with Crippen LogP contribution in [0.25, 0.3) is 0 Å². The minimum atomic E-state index is -0.490. The predicted octanol–water partition coefficient (Wildman–Crippen LogP) is 1.32. The van der Waals surface area contributed by atoms with Gasteiger partial charge in [-0.25, -0.2) is 4.74 Å². The van der Waals surface area contributed by atoms with E-state index in [0.29, 0.717) is 0 Å². The molecule has 0 bridgehead atoms. The summed E-state index contributed by atoms with van der Waals surface area (Å²) >= 11 is 0. The second kappa shape index (κ2) is 3.98. The first kappa shape index (κ1) is 11.0. The third-order valence-electron chi connectivity index (χ3n) is 2.19. The summed E-state index contributed by atoms with van der Waals surface area (Å²) in [5.74, 6) is -0.252. The van der Waals surface area contributed by atoms with Gasteiger partial charge in [-0.15, -0.1) is 0 Å². The Hall–Kier alpha value is -1.06. The molecule has 14 heavy (non-hydrogen) atoms. The number of ether oxygens (including phenoxy) is 1. The quantitative estimate of drug-likeness (QED) is 0.383. The molecule has 0 radical (unpaired) electrons. The Morgan fingerprint density at radius 2 is 2.29 bits per heavy atom. The topological polar surface area (TPSA) is 52.4 Å². The molecule has 1 aliphatic heterocycles. The Labute approximate surface area is 84.1 Å². The van der Waals surface area contributed by atoms with Crippen molar-refractivity contribution >= 4 is 12.2 Å². The molecule has 1 rings (SSSR count). The zero-order valence-corrected chi connectivity index (χ0v) is 8.95. The molecule has 0 aromatic heterocycles. The predicted molar refractivity (Wildman–Crippen MR) is 53.1 cm³/mol. The Balaban J connectivity index is 2.35. The molecule has 0 fully saturated rings. The summed E-state index contributed by atoms with van der Waals surface area (Å²) in [5.41, 5.74) is -0.490. The van der Waals surface area contributed by atoms with E-state index >= 15 is 0 Å². The first-order valence-electron chi connectivity index (χ1n) is 4.87. The van der Waals surface area contributed by atoms with E-state index in [1.165, 1.54) is 0 Å². The summed E-state index contributed by atoms with van der Waals surface area (Å²) < 4.78 is 5.95. The van der Waals surface area contributed by atoms with Gasteiger partial charge < -0.3 is 9.94 Å². The highest BCUT2D eigenvalue weighted by Gasteiger charge is 2.27. The average Bonchev–Trinajstić information content (AvgIpc) is 2.45. The van der Waals surface area contributed by atoms with Crippen molar-refractivity contribution < 1.29 is 14.3 Å². The number of hydrogen-bond donors (Lipinski definition) is 0. The number of carbonyl (C=O) groups is 1. The van der Waals surface area contributed by atoms with Crippen molar-refractivity contribution in [2.45, 2.75) is 39.7 Å². The molecule has 1 aliphatic rings. The van der Waals surface area contributed by atoms with Crippen molar-refractivity contribution in [1.29, 1.82) is 0 Å². The van der Waals surface area contributed by atoms with E-state index in [2.05, 4.69) is 0 Å². The SMILES string of the molecule is CC(C)(C)C(=O)OC[C@@H]1CCC=[N+]1[O-]. The van der Waals surface area contributed by atoms with Crippen LogP contribution < -0.4 is 0 Å². The Morgan fingerprint density at radius 1 is 1.64 bits per heavy atom. The van der Waals surface area contributed by atoms with Crippen LogP contribution >= 0.6 is 0 Å². The number of hydrogen-bond acceptors (Lipinski definition) is 3. The highest BCUT2D eigenvalue weighted by Crippen LogP contribution is 2.16. The standard InChI is InChI=1S/C10H17NO3/c1-10(2,3)9(12)14-7-8-5-4-6-11(8)13/h6,8H,4-5,7H2,1-3H3/t8-/m0/s1. The van der Waals surface area contributed by atoms with E-state index in [1.807, 2.05) is 0 Å². The molecule has 0 N–H and O–H groups in total. The van der Waals surface area contributed by atoms with Gasteiger partial charge in [0.05, 0.1) is 5.41 Å². The lowest BCUT2D eigenvalue weighted by Crippen LogP contribution is -2.29. The molecular weight excluding hydrogens is 182 g/mol. The van der Waals surface area contributed by atoms with E-state index < -0.39 is 5.41 Å². The van der Waals surface area contributed by atoms with Gasteiger partial charge in [-0.1, -0.05) is 0 Å². The third-order valence-corrected chi connectivity index (χ3v) is 2.19. The molecule has 0 aromatic rings. The van der Waals surface area contributed by atoms with E-state index in [-0.39, 0.29) is 18.6 Å². The van der Waals surface area contributed by atoms with Crippen LogP contribution in [0.4, 0.5) is 0 Å². The van der Waals surface area contributed by atoms with Gasteiger partial charge in [0, 0.05) is 12.8 Å². The van der Waals surface area contributed by atoms with E-state index in [0.717, 1.165) is 17.6 Å². The minimum Gasteiger partial charge on any atom is -0.624 e. The van der Waals surface area contributed by atoms with Gasteiger partial charge in [0.15, 0.2) is 18.9 Å². The number of carbonyl (C=O) groups excluding carboxylic acids is 1. The normalized spacial score (nSPS) is 21.9. The lowest BCUT2D eigenvalue weighted by atomic mass is 9.97. The molecular formula is C10H17NO3. The first-order valence-corrected chi connectivity index (χ1v) is 4.87. The second-order valence-electron chi connectivity index (χ2n) is 4.62. The number of nitrogens with zero attached hydrogens (tertiary/aromatic N) is 1. The number of hydroxylamine groups is 1. The molecule has 4 nitrogen and oxygen atoms in total. The molecule has 80 valence electrons. The van der Waals surface area contributed by atoms with Crippen molar-refractivity contribution in [3.8, 4) is 0 Å². The fourth-order valence-electron chi connectivity index (χ4n) is 1.22. The zero-order valence-electron chi connectivity index (χ0n) is 8.95. The van der Waals surface area contributed by atoms with Crippen molar-refractivity contribution in [3.05, 3.63) is 5.21 Å². The highest BCUT2D eigenvalue weighted by atomic mass is 16.5. The summed E-state index contributed by atoms with van der Waals surface area (Å²) in [4.78, 5) is 11.4. The number of rotatable bonds is 2. The van der Waals surface area contributed by atoms with Crippen molar-refractivity contribution in [1.82, 2.24) is 0 Å². The van der Waals surface area contributed by atoms with Gasteiger partial charge in [0.25, 0.3) is 0 Å². The smallest absolute Gasteiger partial charge is 0.311 e.